The van der Waals surface area contributed by atoms with E-state index in [0.717, 1.165) is 2.20 Å². The smallest absolute Gasteiger partial charge is 0.0873 e. The second-order valence-corrected chi connectivity index (χ2v) is 4.92. The van der Waals surface area contributed by atoms with Gasteiger partial charge in [0.15, 0.2) is 0 Å². The van der Waals surface area contributed by atoms with Crippen LogP contribution in [0.15, 0.2) is 0 Å². The maximum absolute atomic E-state index is 4.63. The monoisotopic (exact) mass is 236 g/mol. The predicted octanol–water partition coefficient (Wildman–Crippen LogP) is 2.23. The highest BCUT2D eigenvalue weighted by Gasteiger charge is 1.74. The zero-order valence-corrected chi connectivity index (χ0v) is 7.22. The molecule has 0 aromatic carbocycles. The van der Waals surface area contributed by atoms with Crippen molar-refractivity contribution in [1.82, 2.24) is 0 Å². The molecule has 0 aliphatic rings. The SMILES string of the molecule is PSC(=S)I. The first-order chi connectivity index (χ1) is 2.27. The van der Waals surface area contributed by atoms with E-state index in [0.29, 0.717) is 0 Å². The van der Waals surface area contributed by atoms with Crippen molar-refractivity contribution < 1.29 is 0 Å². The molecule has 0 nitrogen and oxygen atoms in total. The van der Waals surface area contributed by atoms with Crippen molar-refractivity contribution in [3.63, 3.8) is 0 Å². The molecule has 0 aliphatic carbocycles. The molecule has 0 fully saturated rings. The van der Waals surface area contributed by atoms with Gasteiger partial charge in [0, 0.05) is 0 Å². The van der Waals surface area contributed by atoms with Gasteiger partial charge < -0.3 is 0 Å². The normalized spacial score (nSPS) is 7.60. The van der Waals surface area contributed by atoms with Gasteiger partial charge >= 0.3 is 0 Å². The summed E-state index contributed by atoms with van der Waals surface area (Å²) in [6.45, 7) is 0. The van der Waals surface area contributed by atoms with E-state index in [1.54, 1.807) is 0 Å². The lowest BCUT2D eigenvalue weighted by atomic mass is 11.9. The Hall–Kier alpha value is 1.60. The first kappa shape index (κ1) is 6.60. The van der Waals surface area contributed by atoms with Crippen LogP contribution < -0.4 is 0 Å². The van der Waals surface area contributed by atoms with E-state index in [1.807, 2.05) is 0 Å². The minimum atomic E-state index is 0.938. The third kappa shape index (κ3) is 5.60. The Bertz CT molecular complexity index is 44.9. The zero-order valence-electron chi connectivity index (χ0n) is 2.27. The summed E-state index contributed by atoms with van der Waals surface area (Å²) >= 11 is 8.22. The zero-order chi connectivity index (χ0) is 4.28. The van der Waals surface area contributed by atoms with Gasteiger partial charge in [0.2, 0.25) is 0 Å². The number of hydrogen-bond acceptors (Lipinski definition) is 2. The molecule has 30 valence electrons. The summed E-state index contributed by atoms with van der Waals surface area (Å²) < 4.78 is 0.938. The number of thiocarbonyl (C=S) groups is 1. The van der Waals surface area contributed by atoms with Crippen LogP contribution in [0.2, 0.25) is 0 Å². The molecule has 1 unspecified atom stereocenters. The van der Waals surface area contributed by atoms with Gasteiger partial charge in [-0.15, -0.1) is 0 Å². The summed E-state index contributed by atoms with van der Waals surface area (Å²) in [6, 6.07) is 0. The van der Waals surface area contributed by atoms with E-state index in [2.05, 4.69) is 43.3 Å². The van der Waals surface area contributed by atoms with Crippen LogP contribution >= 0.6 is 54.6 Å². The molecule has 0 aromatic heterocycles. The van der Waals surface area contributed by atoms with E-state index < -0.39 is 0 Å². The fourth-order valence-corrected chi connectivity index (χ4v) is 0. The Kier molecular flexibility index (Phi) is 4.99. The summed E-state index contributed by atoms with van der Waals surface area (Å²) in [5.74, 6) is 0. The Morgan fingerprint density at radius 2 is 2.20 bits per heavy atom. The Morgan fingerprint density at radius 1 is 2.00 bits per heavy atom. The molecular formula is CH2IPS2. The van der Waals surface area contributed by atoms with E-state index in [4.69, 9.17) is 0 Å². The maximum Gasteiger partial charge on any atom is 0.112 e. The Morgan fingerprint density at radius 3 is 2.20 bits per heavy atom. The van der Waals surface area contributed by atoms with E-state index >= 15 is 0 Å². The molecule has 0 heterocycles. The fraction of sp³-hybridized carbons (Fsp3) is 0. The molecule has 5 heavy (non-hydrogen) atoms. The molecule has 4 heteroatoms. The summed E-state index contributed by atoms with van der Waals surface area (Å²) in [5, 5.41) is 0. The average Bonchev–Trinajstić information content (AvgIpc) is 1.38. The second-order valence-electron chi connectivity index (χ2n) is 0.355. The van der Waals surface area contributed by atoms with E-state index in [1.165, 1.54) is 11.4 Å². The molecule has 0 bridgehead atoms. The van der Waals surface area contributed by atoms with Crippen molar-refractivity contribution in [2.45, 2.75) is 0 Å². The second kappa shape index (κ2) is 3.78. The Labute approximate surface area is 56.6 Å². The van der Waals surface area contributed by atoms with Crippen molar-refractivity contribution in [2.75, 3.05) is 0 Å². The highest BCUT2D eigenvalue weighted by molar-refractivity contribution is 14.1. The van der Waals surface area contributed by atoms with Gasteiger partial charge in [0.25, 0.3) is 0 Å². The molecule has 0 aliphatic heterocycles. The lowest BCUT2D eigenvalue weighted by molar-refractivity contribution is 4.39. The third-order valence-corrected chi connectivity index (χ3v) is 3.99. The van der Waals surface area contributed by atoms with Crippen LogP contribution in [0.4, 0.5) is 0 Å². The van der Waals surface area contributed by atoms with Crippen molar-refractivity contribution in [2.24, 2.45) is 0 Å². The summed E-state index contributed by atoms with van der Waals surface area (Å²) in [6.07, 6.45) is 0. The summed E-state index contributed by atoms with van der Waals surface area (Å²) in [7, 11) is 2.46. The molecule has 0 saturated heterocycles. The Balaban J connectivity index is 2.85. The van der Waals surface area contributed by atoms with Crippen LogP contribution in [0.3, 0.4) is 0 Å². The van der Waals surface area contributed by atoms with Crippen LogP contribution in [-0.4, -0.2) is 2.20 Å². The fourth-order valence-electron chi connectivity index (χ4n) is 0. The highest BCUT2D eigenvalue weighted by atomic mass is 127. The van der Waals surface area contributed by atoms with Crippen LogP contribution in [0, 0.1) is 0 Å². The minimum Gasteiger partial charge on any atom is -0.0873 e. The largest absolute Gasteiger partial charge is 0.112 e. The van der Waals surface area contributed by atoms with Crippen LogP contribution in [-0.2, 0) is 0 Å². The van der Waals surface area contributed by atoms with E-state index in [9.17, 15) is 0 Å². The lowest BCUT2D eigenvalue weighted by Crippen LogP contribution is -1.51. The van der Waals surface area contributed by atoms with Crippen molar-refractivity contribution in [3.8, 4) is 0 Å². The lowest BCUT2D eigenvalue weighted by Gasteiger charge is -1.73. The topological polar surface area (TPSA) is 0 Å². The number of halogens is 1. The van der Waals surface area contributed by atoms with Gasteiger partial charge in [-0.3, -0.25) is 0 Å². The third-order valence-electron chi connectivity index (χ3n) is 0.0927. The van der Waals surface area contributed by atoms with E-state index in [-0.39, 0.29) is 0 Å². The molecule has 0 radical (unpaired) electrons. The molecule has 0 rings (SSSR count). The van der Waals surface area contributed by atoms with Gasteiger partial charge in [-0.25, -0.2) is 0 Å². The standard InChI is InChI=1S/CH2IPS2/c2-1(4)5-3/h3H2. The maximum atomic E-state index is 4.63. The van der Waals surface area contributed by atoms with Crippen molar-refractivity contribution >= 4 is 56.8 Å². The van der Waals surface area contributed by atoms with Gasteiger partial charge in [-0.05, 0) is 22.6 Å². The molecule has 0 N–H and O–H groups in total. The molecule has 0 aromatic rings. The first-order valence-electron chi connectivity index (χ1n) is 0.833. The van der Waals surface area contributed by atoms with Gasteiger partial charge in [0.05, 0.1) is 0 Å². The van der Waals surface area contributed by atoms with Crippen LogP contribution in [0.1, 0.15) is 0 Å². The number of hydrogen-bond donors (Lipinski definition) is 0. The molecular weight excluding hydrogens is 234 g/mol. The number of rotatable bonds is 0. The van der Waals surface area contributed by atoms with Crippen molar-refractivity contribution in [3.05, 3.63) is 0 Å². The van der Waals surface area contributed by atoms with Gasteiger partial charge in [-0.1, -0.05) is 32.0 Å². The summed E-state index contributed by atoms with van der Waals surface area (Å²) in [4.78, 5) is 0. The quantitative estimate of drug-likeness (QED) is 0.274. The predicted molar refractivity (Wildman–Crippen MR) is 43.9 cm³/mol. The molecule has 0 spiro atoms. The molecule has 0 amide bonds. The summed E-state index contributed by atoms with van der Waals surface area (Å²) in [5.41, 5.74) is 0. The van der Waals surface area contributed by atoms with Crippen molar-refractivity contribution in [1.29, 1.82) is 0 Å². The minimum absolute atomic E-state index is 0.938. The van der Waals surface area contributed by atoms with Gasteiger partial charge in [-0.2, -0.15) is 0 Å². The highest BCUT2D eigenvalue weighted by Crippen LogP contribution is 2.17. The molecule has 1 atom stereocenters. The average molecular weight is 236 g/mol. The first-order valence-corrected chi connectivity index (χ1v) is 4.61. The van der Waals surface area contributed by atoms with Gasteiger partial charge in [0.1, 0.15) is 2.20 Å². The molecule has 0 saturated carbocycles. The van der Waals surface area contributed by atoms with Crippen LogP contribution in [0.5, 0.6) is 0 Å². The van der Waals surface area contributed by atoms with Crippen LogP contribution in [0.25, 0.3) is 0 Å².